The number of likely N-dealkylation sites (tertiary alicyclic amines) is 1. The maximum absolute atomic E-state index is 13.2. The fourth-order valence-corrected chi connectivity index (χ4v) is 3.63. The van der Waals surface area contributed by atoms with Crippen LogP contribution in [0.1, 0.15) is 36.3 Å². The number of rotatable bonds is 4. The molecule has 2 heterocycles. The number of likely N-dealkylation sites (N-methyl/N-ethyl adjacent to an activating group) is 1. The van der Waals surface area contributed by atoms with E-state index < -0.39 is 0 Å². The third-order valence-electron chi connectivity index (χ3n) is 4.83. The van der Waals surface area contributed by atoms with Crippen molar-refractivity contribution in [1.82, 2.24) is 19.4 Å². The molecule has 1 aliphatic rings. The van der Waals surface area contributed by atoms with Crippen molar-refractivity contribution in [3.05, 3.63) is 54.1 Å². The molecule has 0 aliphatic carbocycles. The zero-order chi connectivity index (χ0) is 17.1. The molecule has 0 spiro atoms. The molecule has 2 atom stereocenters. The number of amides is 1. The Morgan fingerprint density at radius 1 is 1.29 bits per heavy atom. The number of hydrogen-bond acceptors (Lipinski definition) is 3. The Kier molecular flexibility index (Phi) is 5.00. The van der Waals surface area contributed by atoms with Crippen LogP contribution in [0.25, 0.3) is 0 Å². The highest BCUT2D eigenvalue weighted by atomic mass is 16.2. The Labute approximate surface area is 143 Å². The van der Waals surface area contributed by atoms with Gasteiger partial charge < -0.3 is 9.47 Å². The monoisotopic (exact) mass is 326 g/mol. The van der Waals surface area contributed by atoms with E-state index in [0.29, 0.717) is 6.04 Å². The van der Waals surface area contributed by atoms with Crippen LogP contribution in [0, 0.1) is 6.92 Å². The quantitative estimate of drug-likeness (QED) is 0.867. The van der Waals surface area contributed by atoms with Crippen LogP contribution in [0.3, 0.4) is 0 Å². The van der Waals surface area contributed by atoms with Gasteiger partial charge in [-0.05, 0) is 39.4 Å². The van der Waals surface area contributed by atoms with Crippen molar-refractivity contribution in [3.63, 3.8) is 0 Å². The third kappa shape index (κ3) is 3.36. The van der Waals surface area contributed by atoms with E-state index in [0.717, 1.165) is 37.3 Å². The molecule has 2 aromatic rings. The topological polar surface area (TPSA) is 41.4 Å². The van der Waals surface area contributed by atoms with E-state index in [4.69, 9.17) is 0 Å². The molecule has 1 aromatic carbocycles. The second-order valence-corrected chi connectivity index (χ2v) is 6.74. The predicted molar refractivity (Wildman–Crippen MR) is 94.7 cm³/mol. The van der Waals surface area contributed by atoms with Crippen LogP contribution in [0.5, 0.6) is 0 Å². The summed E-state index contributed by atoms with van der Waals surface area (Å²) in [7, 11) is 3.94. The molecule has 0 unspecified atom stereocenters. The Morgan fingerprint density at radius 3 is 2.67 bits per heavy atom. The number of carbonyl (C=O) groups is 1. The number of imidazole rings is 1. The summed E-state index contributed by atoms with van der Waals surface area (Å²) in [4.78, 5) is 21.5. The van der Waals surface area contributed by atoms with Gasteiger partial charge >= 0.3 is 0 Å². The van der Waals surface area contributed by atoms with Crippen LogP contribution in [-0.4, -0.2) is 52.4 Å². The normalized spacial score (nSPS) is 19.5. The van der Waals surface area contributed by atoms with Gasteiger partial charge in [0.25, 0.3) is 0 Å². The highest BCUT2D eigenvalue weighted by Crippen LogP contribution is 2.27. The average Bonchev–Trinajstić information content (AvgIpc) is 3.02. The molecule has 1 saturated heterocycles. The maximum Gasteiger partial charge on any atom is 0.244 e. The lowest BCUT2D eigenvalue weighted by molar-refractivity contribution is -0.138. The molecule has 1 fully saturated rings. The number of hydrogen-bond donors (Lipinski definition) is 0. The molecule has 0 radical (unpaired) electrons. The summed E-state index contributed by atoms with van der Waals surface area (Å²) in [5, 5.41) is 0. The highest BCUT2D eigenvalue weighted by Gasteiger charge is 2.31. The number of aromatic nitrogens is 2. The van der Waals surface area contributed by atoms with Crippen molar-refractivity contribution < 1.29 is 4.79 Å². The van der Waals surface area contributed by atoms with Gasteiger partial charge in [-0.3, -0.25) is 9.69 Å². The van der Waals surface area contributed by atoms with E-state index in [1.165, 1.54) is 0 Å². The van der Waals surface area contributed by atoms with Crippen LogP contribution in [0.15, 0.2) is 42.7 Å². The summed E-state index contributed by atoms with van der Waals surface area (Å²) in [6, 6.07) is 10.1. The first-order valence-electron chi connectivity index (χ1n) is 8.57. The number of nitrogens with zero attached hydrogens (tertiary/aromatic N) is 4. The van der Waals surface area contributed by atoms with Crippen LogP contribution in [-0.2, 0) is 4.79 Å². The molecule has 5 heteroatoms. The fourth-order valence-electron chi connectivity index (χ4n) is 3.63. The molecule has 0 bridgehead atoms. The summed E-state index contributed by atoms with van der Waals surface area (Å²) in [6.45, 7) is 3.61. The standard InChI is InChI=1S/C19H26N4O/c1-15-20-11-13-23(15)17-10-7-12-22(14-17)19(24)18(21(2)3)16-8-5-4-6-9-16/h4-6,8-9,11,13,17-18H,7,10,12,14H2,1-3H3/t17-,18-/m0/s1. The van der Waals surface area contributed by atoms with Crippen molar-refractivity contribution in [2.24, 2.45) is 0 Å². The van der Waals surface area contributed by atoms with Crippen LogP contribution < -0.4 is 0 Å². The maximum atomic E-state index is 13.2. The van der Waals surface area contributed by atoms with Crippen molar-refractivity contribution in [3.8, 4) is 0 Å². The van der Waals surface area contributed by atoms with Crippen molar-refractivity contribution >= 4 is 5.91 Å². The number of aryl methyl sites for hydroxylation is 1. The summed E-state index contributed by atoms with van der Waals surface area (Å²) < 4.78 is 2.20. The minimum atomic E-state index is -0.228. The van der Waals surface area contributed by atoms with Gasteiger partial charge in [0.1, 0.15) is 11.9 Å². The van der Waals surface area contributed by atoms with E-state index in [9.17, 15) is 4.79 Å². The second-order valence-electron chi connectivity index (χ2n) is 6.74. The minimum Gasteiger partial charge on any atom is -0.339 e. The van der Waals surface area contributed by atoms with Gasteiger partial charge in [-0.2, -0.15) is 0 Å². The number of benzene rings is 1. The molecule has 1 aliphatic heterocycles. The minimum absolute atomic E-state index is 0.189. The van der Waals surface area contributed by atoms with Crippen molar-refractivity contribution in [2.75, 3.05) is 27.2 Å². The first kappa shape index (κ1) is 16.7. The van der Waals surface area contributed by atoms with E-state index in [1.54, 1.807) is 0 Å². The molecule has 3 rings (SSSR count). The average molecular weight is 326 g/mol. The molecule has 0 saturated carbocycles. The van der Waals surface area contributed by atoms with Crippen LogP contribution >= 0.6 is 0 Å². The summed E-state index contributed by atoms with van der Waals surface area (Å²) in [6.07, 6.45) is 5.99. The van der Waals surface area contributed by atoms with Gasteiger partial charge in [0.15, 0.2) is 0 Å². The smallest absolute Gasteiger partial charge is 0.244 e. The van der Waals surface area contributed by atoms with Gasteiger partial charge in [0.05, 0.1) is 6.04 Å². The Morgan fingerprint density at radius 2 is 2.04 bits per heavy atom. The van der Waals surface area contributed by atoms with Gasteiger partial charge in [0, 0.05) is 25.5 Å². The molecule has 5 nitrogen and oxygen atoms in total. The van der Waals surface area contributed by atoms with Crippen molar-refractivity contribution in [1.29, 1.82) is 0 Å². The molecule has 1 aromatic heterocycles. The predicted octanol–water partition coefficient (Wildman–Crippen LogP) is 2.66. The van der Waals surface area contributed by atoms with Gasteiger partial charge in [0.2, 0.25) is 5.91 Å². The van der Waals surface area contributed by atoms with Crippen LogP contribution in [0.4, 0.5) is 0 Å². The lowest BCUT2D eigenvalue weighted by atomic mass is 10.0. The van der Waals surface area contributed by atoms with Gasteiger partial charge in [-0.1, -0.05) is 30.3 Å². The molecular formula is C19H26N4O. The molecule has 128 valence electrons. The van der Waals surface area contributed by atoms with Gasteiger partial charge in [-0.15, -0.1) is 0 Å². The summed E-state index contributed by atoms with van der Waals surface area (Å²) >= 11 is 0. The second kappa shape index (κ2) is 7.18. The fraction of sp³-hybridized carbons (Fsp3) is 0.474. The molecule has 24 heavy (non-hydrogen) atoms. The van der Waals surface area contributed by atoms with E-state index in [1.807, 2.05) is 73.5 Å². The van der Waals surface area contributed by atoms with E-state index in [2.05, 4.69) is 9.55 Å². The lowest BCUT2D eigenvalue weighted by Crippen LogP contribution is -2.46. The van der Waals surface area contributed by atoms with Crippen LogP contribution in [0.2, 0.25) is 0 Å². The largest absolute Gasteiger partial charge is 0.339 e. The van der Waals surface area contributed by atoms with E-state index in [-0.39, 0.29) is 11.9 Å². The summed E-state index contributed by atoms with van der Waals surface area (Å²) in [5.74, 6) is 1.20. The van der Waals surface area contributed by atoms with Crippen molar-refractivity contribution in [2.45, 2.75) is 31.8 Å². The molecular weight excluding hydrogens is 300 g/mol. The highest BCUT2D eigenvalue weighted by molar-refractivity contribution is 5.83. The Hall–Kier alpha value is -2.14. The third-order valence-corrected chi connectivity index (χ3v) is 4.83. The van der Waals surface area contributed by atoms with Gasteiger partial charge in [-0.25, -0.2) is 4.98 Å². The summed E-state index contributed by atoms with van der Waals surface area (Å²) in [5.41, 5.74) is 1.05. The SMILES string of the molecule is Cc1nccn1[C@H]1CCCN(C(=O)[C@H](c2ccccc2)N(C)C)C1. The molecule has 0 N–H and O–H groups in total. The zero-order valence-corrected chi connectivity index (χ0v) is 14.7. The zero-order valence-electron chi connectivity index (χ0n) is 14.7. The molecule has 1 amide bonds. The van der Waals surface area contributed by atoms with E-state index >= 15 is 0 Å². The Balaban J connectivity index is 1.79. The Bertz CT molecular complexity index is 680. The number of piperidine rings is 1. The number of carbonyl (C=O) groups excluding carboxylic acids is 1. The lowest BCUT2D eigenvalue weighted by Gasteiger charge is -2.37. The first-order chi connectivity index (χ1) is 11.6. The first-order valence-corrected chi connectivity index (χ1v) is 8.57.